The predicted octanol–water partition coefficient (Wildman–Crippen LogP) is 1.57. The molecule has 186 valence electrons. The van der Waals surface area contributed by atoms with Crippen LogP contribution in [0.2, 0.25) is 0 Å². The molecule has 2 aliphatic heterocycles. The number of benzene rings is 1. The third-order valence-electron chi connectivity index (χ3n) is 7.83. The smallest absolute Gasteiger partial charge is 0.246 e. The Bertz CT molecular complexity index is 933. The van der Waals surface area contributed by atoms with E-state index in [0.29, 0.717) is 32.1 Å². The molecule has 3 aliphatic rings. The van der Waals surface area contributed by atoms with Gasteiger partial charge in [-0.1, -0.05) is 24.3 Å². The Morgan fingerprint density at radius 1 is 1.12 bits per heavy atom. The first-order chi connectivity index (χ1) is 16.2. The molecule has 0 bridgehead atoms. The summed E-state index contributed by atoms with van der Waals surface area (Å²) in [5.74, 6) is -0.637. The first kappa shape index (κ1) is 24.7. The molecule has 3 amide bonds. The Kier molecular flexibility index (Phi) is 7.28. The summed E-state index contributed by atoms with van der Waals surface area (Å²) in [4.78, 5) is 41.4. The number of carbonyl (C=O) groups is 3. The van der Waals surface area contributed by atoms with Crippen molar-refractivity contribution in [1.82, 2.24) is 20.9 Å². The number of amides is 3. The summed E-state index contributed by atoms with van der Waals surface area (Å²) in [6.07, 6.45) is 5.30. The molecule has 8 nitrogen and oxygen atoms in total. The number of aliphatic hydroxyl groups is 1. The first-order valence-electron chi connectivity index (χ1n) is 12.6. The number of nitrogens with one attached hydrogen (secondary N) is 3. The van der Waals surface area contributed by atoms with Gasteiger partial charge in [-0.3, -0.25) is 14.4 Å². The van der Waals surface area contributed by atoms with Crippen LogP contribution in [0.1, 0.15) is 76.0 Å². The van der Waals surface area contributed by atoms with Crippen molar-refractivity contribution in [3.8, 4) is 0 Å². The van der Waals surface area contributed by atoms with Gasteiger partial charge in [0.2, 0.25) is 17.7 Å². The Morgan fingerprint density at radius 3 is 2.65 bits per heavy atom. The minimum Gasteiger partial charge on any atom is -0.390 e. The van der Waals surface area contributed by atoms with Gasteiger partial charge in [0.1, 0.15) is 12.1 Å². The van der Waals surface area contributed by atoms with Gasteiger partial charge in [-0.25, -0.2) is 0 Å². The molecule has 0 unspecified atom stereocenters. The highest BCUT2D eigenvalue weighted by Crippen LogP contribution is 2.36. The van der Waals surface area contributed by atoms with Crippen molar-refractivity contribution in [2.75, 3.05) is 7.05 Å². The van der Waals surface area contributed by atoms with E-state index >= 15 is 0 Å². The maximum Gasteiger partial charge on any atom is 0.246 e. The molecule has 2 heterocycles. The second kappa shape index (κ2) is 10.0. The third-order valence-corrected chi connectivity index (χ3v) is 7.83. The molecule has 1 aromatic rings. The van der Waals surface area contributed by atoms with Crippen molar-refractivity contribution < 1.29 is 19.5 Å². The molecule has 6 atom stereocenters. The molecule has 4 N–H and O–H groups in total. The fourth-order valence-electron chi connectivity index (χ4n) is 5.78. The Hall–Kier alpha value is -2.45. The zero-order chi connectivity index (χ0) is 24.5. The molecule has 2 fully saturated rings. The van der Waals surface area contributed by atoms with E-state index in [1.165, 1.54) is 5.56 Å². The Labute approximate surface area is 201 Å². The van der Waals surface area contributed by atoms with Crippen molar-refractivity contribution in [1.29, 1.82) is 0 Å². The van der Waals surface area contributed by atoms with E-state index in [-0.39, 0.29) is 29.8 Å². The van der Waals surface area contributed by atoms with Gasteiger partial charge in [-0.15, -0.1) is 0 Å². The van der Waals surface area contributed by atoms with Crippen LogP contribution in [0.4, 0.5) is 0 Å². The molecule has 0 saturated carbocycles. The fourth-order valence-corrected chi connectivity index (χ4v) is 5.78. The van der Waals surface area contributed by atoms with E-state index in [1.807, 2.05) is 12.1 Å². The average molecular weight is 471 g/mol. The molecule has 4 rings (SSSR count). The summed E-state index contributed by atoms with van der Waals surface area (Å²) in [5.41, 5.74) is 1.46. The lowest BCUT2D eigenvalue weighted by atomic mass is 9.87. The SMILES string of the molecule is CN[C@@H](C)C(=O)N[C@H]1CC[C@](C)(O)C[C@H]2CC[C@@H](C(=O)N[C@@H]3CCCc4ccccc43)N2C1=O. The molecule has 1 aliphatic carbocycles. The summed E-state index contributed by atoms with van der Waals surface area (Å²) >= 11 is 0. The van der Waals surface area contributed by atoms with Crippen LogP contribution >= 0.6 is 0 Å². The largest absolute Gasteiger partial charge is 0.390 e. The monoisotopic (exact) mass is 470 g/mol. The van der Waals surface area contributed by atoms with Gasteiger partial charge in [0.05, 0.1) is 17.7 Å². The molecule has 0 aromatic heterocycles. The van der Waals surface area contributed by atoms with E-state index in [0.717, 1.165) is 24.8 Å². The van der Waals surface area contributed by atoms with Gasteiger partial charge >= 0.3 is 0 Å². The number of carbonyl (C=O) groups excluding carboxylic acids is 3. The van der Waals surface area contributed by atoms with Crippen molar-refractivity contribution in [3.05, 3.63) is 35.4 Å². The third kappa shape index (κ3) is 5.13. The molecule has 2 saturated heterocycles. The summed E-state index contributed by atoms with van der Waals surface area (Å²) < 4.78 is 0. The highest BCUT2D eigenvalue weighted by molar-refractivity contribution is 5.94. The molecular formula is C26H38N4O4. The maximum atomic E-state index is 13.7. The molecule has 34 heavy (non-hydrogen) atoms. The molecular weight excluding hydrogens is 432 g/mol. The standard InChI is InChI=1S/C26H38N4O4/c1-16(27-3)23(31)29-21-13-14-26(2,34)15-18-11-12-22(30(18)25(21)33)24(32)28-20-10-6-8-17-7-4-5-9-19(17)20/h4-5,7,9,16,18,20-22,27,34H,6,8,10-15H2,1-3H3,(H,28,32)(H,29,31)/t16-,18+,20+,21-,22-,26-/m0/s1. The average Bonchev–Trinajstić information content (AvgIpc) is 3.22. The van der Waals surface area contributed by atoms with E-state index in [1.54, 1.807) is 25.8 Å². The van der Waals surface area contributed by atoms with Gasteiger partial charge in [0.15, 0.2) is 0 Å². The number of hydrogen-bond acceptors (Lipinski definition) is 5. The lowest BCUT2D eigenvalue weighted by Crippen LogP contribution is -2.59. The van der Waals surface area contributed by atoms with Gasteiger partial charge in [-0.05, 0) is 83.4 Å². The van der Waals surface area contributed by atoms with Crippen LogP contribution in [0.25, 0.3) is 0 Å². The van der Waals surface area contributed by atoms with Crippen LogP contribution < -0.4 is 16.0 Å². The zero-order valence-electron chi connectivity index (χ0n) is 20.5. The van der Waals surface area contributed by atoms with E-state index in [4.69, 9.17) is 0 Å². The molecule has 1 aromatic carbocycles. The number of likely N-dealkylation sites (N-methyl/N-ethyl adjacent to an activating group) is 1. The maximum absolute atomic E-state index is 13.7. The normalized spacial score (nSPS) is 32.1. The van der Waals surface area contributed by atoms with Crippen LogP contribution in [0, 0.1) is 0 Å². The topological polar surface area (TPSA) is 111 Å². The number of fused-ring (bicyclic) bond motifs is 2. The van der Waals surface area contributed by atoms with E-state index in [9.17, 15) is 19.5 Å². The summed E-state index contributed by atoms with van der Waals surface area (Å²) in [5, 5.41) is 19.9. The second-order valence-corrected chi connectivity index (χ2v) is 10.5. The Balaban J connectivity index is 1.54. The van der Waals surface area contributed by atoms with Crippen LogP contribution in [0.5, 0.6) is 0 Å². The summed E-state index contributed by atoms with van der Waals surface area (Å²) in [7, 11) is 1.69. The van der Waals surface area contributed by atoms with Gasteiger partial charge < -0.3 is 26.0 Å². The highest BCUT2D eigenvalue weighted by Gasteiger charge is 2.47. The van der Waals surface area contributed by atoms with Gasteiger partial charge in [0, 0.05) is 6.04 Å². The predicted molar refractivity (Wildman–Crippen MR) is 129 cm³/mol. The van der Waals surface area contributed by atoms with Crippen LogP contribution in [0.15, 0.2) is 24.3 Å². The van der Waals surface area contributed by atoms with Crippen LogP contribution in [-0.2, 0) is 20.8 Å². The van der Waals surface area contributed by atoms with E-state index < -0.39 is 23.7 Å². The van der Waals surface area contributed by atoms with Gasteiger partial charge in [0.25, 0.3) is 0 Å². The van der Waals surface area contributed by atoms with Crippen molar-refractivity contribution in [3.63, 3.8) is 0 Å². The number of aryl methyl sites for hydroxylation is 1. The summed E-state index contributed by atoms with van der Waals surface area (Å²) in [6, 6.07) is 6.12. The minimum absolute atomic E-state index is 0.0588. The van der Waals surface area contributed by atoms with Crippen molar-refractivity contribution >= 4 is 17.7 Å². The van der Waals surface area contributed by atoms with Crippen LogP contribution in [0.3, 0.4) is 0 Å². The number of rotatable bonds is 5. The van der Waals surface area contributed by atoms with Crippen molar-refractivity contribution in [2.45, 2.75) is 101 Å². The lowest BCUT2D eigenvalue weighted by molar-refractivity contribution is -0.147. The number of nitrogens with zero attached hydrogens (tertiary/aromatic N) is 1. The van der Waals surface area contributed by atoms with Gasteiger partial charge in [-0.2, -0.15) is 0 Å². The lowest BCUT2D eigenvalue weighted by Gasteiger charge is -2.40. The first-order valence-corrected chi connectivity index (χ1v) is 12.6. The number of hydrogen-bond donors (Lipinski definition) is 4. The van der Waals surface area contributed by atoms with Crippen LogP contribution in [-0.4, -0.2) is 64.5 Å². The quantitative estimate of drug-likeness (QED) is 0.522. The highest BCUT2D eigenvalue weighted by atomic mass is 16.3. The minimum atomic E-state index is -0.963. The fraction of sp³-hybridized carbons (Fsp3) is 0.654. The van der Waals surface area contributed by atoms with Crippen molar-refractivity contribution in [2.24, 2.45) is 0 Å². The summed E-state index contributed by atoms with van der Waals surface area (Å²) in [6.45, 7) is 3.51. The molecule has 8 heteroatoms. The molecule has 0 radical (unpaired) electrons. The molecule has 0 spiro atoms. The van der Waals surface area contributed by atoms with E-state index in [2.05, 4.69) is 28.1 Å². The zero-order valence-corrected chi connectivity index (χ0v) is 20.5. The second-order valence-electron chi connectivity index (χ2n) is 10.5. The Morgan fingerprint density at radius 2 is 1.88 bits per heavy atom.